The number of hydrogen-bond donors (Lipinski definition) is 3. The summed E-state index contributed by atoms with van der Waals surface area (Å²) in [6, 6.07) is 5.14. The summed E-state index contributed by atoms with van der Waals surface area (Å²) in [6.07, 6.45) is -0.587. The molecule has 0 spiro atoms. The van der Waals surface area contributed by atoms with Crippen molar-refractivity contribution in [3.05, 3.63) is 28.8 Å². The lowest BCUT2D eigenvalue weighted by Crippen LogP contribution is -2.25. The molecule has 16 heavy (non-hydrogen) atoms. The standard InChI is InChI=1S/C11H17ClN2O2/c1-16-5-4-14-7-11(15)8-2-3-9(12)10(13)6-8/h2-3,6,11,14-15H,4-5,7,13H2,1H3. The number of nitrogen functional groups attached to an aromatic ring is 1. The summed E-state index contributed by atoms with van der Waals surface area (Å²) in [4.78, 5) is 0. The van der Waals surface area contributed by atoms with Gasteiger partial charge in [-0.15, -0.1) is 0 Å². The van der Waals surface area contributed by atoms with Gasteiger partial charge in [0.25, 0.3) is 0 Å². The van der Waals surface area contributed by atoms with Crippen LogP contribution in [0.2, 0.25) is 5.02 Å². The van der Waals surface area contributed by atoms with Crippen LogP contribution in [-0.2, 0) is 4.74 Å². The Morgan fingerprint density at radius 3 is 2.94 bits per heavy atom. The molecule has 1 aromatic rings. The van der Waals surface area contributed by atoms with Crippen molar-refractivity contribution < 1.29 is 9.84 Å². The number of aliphatic hydroxyl groups is 1. The summed E-state index contributed by atoms with van der Waals surface area (Å²) in [5.74, 6) is 0. The minimum atomic E-state index is -0.587. The lowest BCUT2D eigenvalue weighted by atomic mass is 10.1. The number of methoxy groups -OCH3 is 1. The average molecular weight is 245 g/mol. The molecule has 0 heterocycles. The van der Waals surface area contributed by atoms with Gasteiger partial charge < -0.3 is 20.9 Å². The maximum atomic E-state index is 9.83. The van der Waals surface area contributed by atoms with E-state index in [9.17, 15) is 5.11 Å². The van der Waals surface area contributed by atoms with E-state index in [4.69, 9.17) is 22.1 Å². The van der Waals surface area contributed by atoms with Gasteiger partial charge in [0, 0.05) is 20.2 Å². The molecule has 0 amide bonds. The molecule has 4 nitrogen and oxygen atoms in total. The van der Waals surface area contributed by atoms with Gasteiger partial charge in [-0.3, -0.25) is 0 Å². The van der Waals surface area contributed by atoms with E-state index < -0.39 is 6.10 Å². The van der Waals surface area contributed by atoms with Crippen LogP contribution in [0, 0.1) is 0 Å². The van der Waals surface area contributed by atoms with E-state index in [1.807, 2.05) is 0 Å². The molecule has 0 saturated heterocycles. The summed E-state index contributed by atoms with van der Waals surface area (Å²) in [5, 5.41) is 13.4. The number of hydrogen-bond acceptors (Lipinski definition) is 4. The number of benzene rings is 1. The molecule has 0 aliphatic carbocycles. The van der Waals surface area contributed by atoms with Crippen LogP contribution in [0.1, 0.15) is 11.7 Å². The lowest BCUT2D eigenvalue weighted by molar-refractivity contribution is 0.161. The zero-order valence-corrected chi connectivity index (χ0v) is 10.00. The predicted molar refractivity (Wildman–Crippen MR) is 65.6 cm³/mol. The average Bonchev–Trinajstić information content (AvgIpc) is 2.28. The zero-order valence-electron chi connectivity index (χ0n) is 9.24. The first-order chi connectivity index (χ1) is 7.65. The first-order valence-electron chi connectivity index (χ1n) is 5.07. The highest BCUT2D eigenvalue weighted by molar-refractivity contribution is 6.33. The molecule has 90 valence electrons. The zero-order chi connectivity index (χ0) is 12.0. The third kappa shape index (κ3) is 3.98. The van der Waals surface area contributed by atoms with Gasteiger partial charge in [-0.1, -0.05) is 17.7 Å². The third-order valence-corrected chi connectivity index (χ3v) is 2.57. The first-order valence-corrected chi connectivity index (χ1v) is 5.45. The molecule has 0 saturated carbocycles. The van der Waals surface area contributed by atoms with Crippen LogP contribution in [0.5, 0.6) is 0 Å². The molecule has 0 fully saturated rings. The summed E-state index contributed by atoms with van der Waals surface area (Å²) >= 11 is 5.79. The minimum absolute atomic E-state index is 0.463. The monoisotopic (exact) mass is 244 g/mol. The van der Waals surface area contributed by atoms with Crippen molar-refractivity contribution >= 4 is 17.3 Å². The van der Waals surface area contributed by atoms with Crippen LogP contribution in [-0.4, -0.2) is 31.9 Å². The van der Waals surface area contributed by atoms with Crippen LogP contribution >= 0.6 is 11.6 Å². The maximum Gasteiger partial charge on any atom is 0.0915 e. The Hall–Kier alpha value is -0.810. The van der Waals surface area contributed by atoms with Crippen molar-refractivity contribution in [1.29, 1.82) is 0 Å². The third-order valence-electron chi connectivity index (χ3n) is 2.23. The van der Waals surface area contributed by atoms with Crippen molar-refractivity contribution in [3.63, 3.8) is 0 Å². The first kappa shape index (κ1) is 13.3. The number of nitrogens with two attached hydrogens (primary N) is 1. The molecule has 1 atom stereocenters. The van der Waals surface area contributed by atoms with Crippen molar-refractivity contribution in [2.45, 2.75) is 6.10 Å². The number of aliphatic hydroxyl groups excluding tert-OH is 1. The van der Waals surface area contributed by atoms with Crippen LogP contribution in [0.25, 0.3) is 0 Å². The fourth-order valence-electron chi connectivity index (χ4n) is 1.30. The largest absolute Gasteiger partial charge is 0.398 e. The highest BCUT2D eigenvalue weighted by Crippen LogP contribution is 2.22. The molecular formula is C11H17ClN2O2. The molecule has 0 aliphatic heterocycles. The second-order valence-electron chi connectivity index (χ2n) is 3.49. The highest BCUT2D eigenvalue weighted by Gasteiger charge is 2.08. The van der Waals surface area contributed by atoms with Gasteiger partial charge >= 0.3 is 0 Å². The maximum absolute atomic E-state index is 9.83. The second-order valence-corrected chi connectivity index (χ2v) is 3.90. The topological polar surface area (TPSA) is 67.5 Å². The molecule has 0 radical (unpaired) electrons. The molecule has 4 N–H and O–H groups in total. The Morgan fingerprint density at radius 1 is 1.56 bits per heavy atom. The van der Waals surface area contributed by atoms with Crippen LogP contribution < -0.4 is 11.1 Å². The van der Waals surface area contributed by atoms with E-state index in [1.165, 1.54) is 0 Å². The van der Waals surface area contributed by atoms with Gasteiger partial charge in [-0.2, -0.15) is 0 Å². The van der Waals surface area contributed by atoms with Gasteiger partial charge in [0.2, 0.25) is 0 Å². The van der Waals surface area contributed by atoms with E-state index in [0.29, 0.717) is 30.4 Å². The van der Waals surface area contributed by atoms with Gasteiger partial charge in [-0.05, 0) is 17.7 Å². The van der Waals surface area contributed by atoms with Crippen LogP contribution in [0.4, 0.5) is 5.69 Å². The van der Waals surface area contributed by atoms with E-state index >= 15 is 0 Å². The van der Waals surface area contributed by atoms with E-state index in [-0.39, 0.29) is 0 Å². The Bertz CT molecular complexity index is 334. The summed E-state index contributed by atoms with van der Waals surface area (Å²) in [5.41, 5.74) is 6.89. The highest BCUT2D eigenvalue weighted by atomic mass is 35.5. The number of halogens is 1. The number of ether oxygens (including phenoxy) is 1. The van der Waals surface area contributed by atoms with Crippen LogP contribution in [0.3, 0.4) is 0 Å². The van der Waals surface area contributed by atoms with Gasteiger partial charge in [0.05, 0.1) is 23.4 Å². The van der Waals surface area contributed by atoms with Crippen molar-refractivity contribution in [1.82, 2.24) is 5.32 Å². The quantitative estimate of drug-likeness (QED) is 0.520. The summed E-state index contributed by atoms with van der Waals surface area (Å²) in [7, 11) is 1.64. The van der Waals surface area contributed by atoms with Crippen molar-refractivity contribution in [3.8, 4) is 0 Å². The Morgan fingerprint density at radius 2 is 2.31 bits per heavy atom. The number of rotatable bonds is 6. The van der Waals surface area contributed by atoms with Gasteiger partial charge in [0.1, 0.15) is 0 Å². The van der Waals surface area contributed by atoms with Gasteiger partial charge in [-0.25, -0.2) is 0 Å². The Labute approximate surface area is 100 Å². The molecular weight excluding hydrogens is 228 g/mol. The Kier molecular flexibility index (Phi) is 5.55. The van der Waals surface area contributed by atoms with E-state index in [0.717, 1.165) is 5.56 Å². The fraction of sp³-hybridized carbons (Fsp3) is 0.455. The number of nitrogens with one attached hydrogen (secondary N) is 1. The minimum Gasteiger partial charge on any atom is -0.398 e. The van der Waals surface area contributed by atoms with Crippen LogP contribution in [0.15, 0.2) is 18.2 Å². The summed E-state index contributed by atoms with van der Waals surface area (Å²) < 4.78 is 4.88. The molecule has 1 unspecified atom stereocenters. The number of anilines is 1. The van der Waals surface area contributed by atoms with Gasteiger partial charge in [0.15, 0.2) is 0 Å². The molecule has 0 aliphatic rings. The Balaban J connectivity index is 2.46. The SMILES string of the molecule is COCCNCC(O)c1ccc(Cl)c(N)c1. The fourth-order valence-corrected chi connectivity index (χ4v) is 1.42. The molecule has 0 aromatic heterocycles. The normalized spacial score (nSPS) is 12.7. The van der Waals surface area contributed by atoms with E-state index in [1.54, 1.807) is 25.3 Å². The smallest absolute Gasteiger partial charge is 0.0915 e. The summed E-state index contributed by atoms with van der Waals surface area (Å²) in [6.45, 7) is 1.79. The molecule has 1 rings (SSSR count). The molecule has 5 heteroatoms. The predicted octanol–water partition coefficient (Wildman–Crippen LogP) is 1.19. The van der Waals surface area contributed by atoms with E-state index in [2.05, 4.69) is 5.32 Å². The molecule has 0 bridgehead atoms. The van der Waals surface area contributed by atoms with Crippen molar-refractivity contribution in [2.75, 3.05) is 32.5 Å². The van der Waals surface area contributed by atoms with Crippen molar-refractivity contribution in [2.24, 2.45) is 0 Å². The molecule has 1 aromatic carbocycles. The lowest BCUT2D eigenvalue weighted by Gasteiger charge is -2.13. The second kappa shape index (κ2) is 6.70.